The topological polar surface area (TPSA) is 41.8 Å². The molecular formula is C25H47NO2. The van der Waals surface area contributed by atoms with Crippen molar-refractivity contribution in [3.63, 3.8) is 0 Å². The van der Waals surface area contributed by atoms with Crippen LogP contribution in [0.15, 0.2) is 17.1 Å². The van der Waals surface area contributed by atoms with Crippen molar-refractivity contribution in [2.24, 2.45) is 4.99 Å². The van der Waals surface area contributed by atoms with Crippen LogP contribution in [0.1, 0.15) is 122 Å². The van der Waals surface area contributed by atoms with Crippen molar-refractivity contribution in [3.05, 3.63) is 12.2 Å². The average molecular weight is 394 g/mol. The first-order valence-electron chi connectivity index (χ1n) is 12.3. The molecule has 1 unspecified atom stereocenters. The summed E-state index contributed by atoms with van der Waals surface area (Å²) in [5, 5.41) is 8.73. The highest BCUT2D eigenvalue weighted by Crippen LogP contribution is 2.14. The SMILES string of the molecule is CCC1COC(CCCCCCCC/C=C\CCCCCCCCCCO)=N1. The lowest BCUT2D eigenvalue weighted by molar-refractivity contribution is 0.282. The van der Waals surface area contributed by atoms with Gasteiger partial charge in [0.05, 0.1) is 6.04 Å². The van der Waals surface area contributed by atoms with Crippen molar-refractivity contribution in [2.75, 3.05) is 13.2 Å². The Morgan fingerprint density at radius 1 is 0.786 bits per heavy atom. The molecule has 1 N–H and O–H groups in total. The quantitative estimate of drug-likeness (QED) is 0.173. The molecule has 28 heavy (non-hydrogen) atoms. The zero-order chi connectivity index (χ0) is 20.1. The predicted octanol–water partition coefficient (Wildman–Crippen LogP) is 7.37. The highest BCUT2D eigenvalue weighted by Gasteiger charge is 2.15. The summed E-state index contributed by atoms with van der Waals surface area (Å²) in [6.07, 6.45) is 27.7. The van der Waals surface area contributed by atoms with Gasteiger partial charge < -0.3 is 9.84 Å². The second-order valence-electron chi connectivity index (χ2n) is 8.37. The average Bonchev–Trinajstić information content (AvgIpc) is 3.18. The minimum absolute atomic E-state index is 0.359. The van der Waals surface area contributed by atoms with E-state index in [1.165, 1.54) is 96.3 Å². The van der Waals surface area contributed by atoms with Crippen LogP contribution in [0, 0.1) is 0 Å². The third kappa shape index (κ3) is 15.1. The molecule has 0 aromatic rings. The van der Waals surface area contributed by atoms with E-state index in [0.717, 1.165) is 31.8 Å². The van der Waals surface area contributed by atoms with E-state index in [2.05, 4.69) is 24.1 Å². The molecule has 0 spiro atoms. The molecule has 0 aromatic heterocycles. The lowest BCUT2D eigenvalue weighted by Gasteiger charge is -2.02. The molecule has 1 aliphatic heterocycles. The maximum absolute atomic E-state index is 8.73. The van der Waals surface area contributed by atoms with Gasteiger partial charge in [-0.25, -0.2) is 4.99 Å². The number of hydrogen-bond donors (Lipinski definition) is 1. The highest BCUT2D eigenvalue weighted by atomic mass is 16.5. The molecule has 0 fully saturated rings. The number of ether oxygens (including phenoxy) is 1. The fraction of sp³-hybridized carbons (Fsp3) is 0.880. The van der Waals surface area contributed by atoms with Crippen LogP contribution in [0.2, 0.25) is 0 Å². The Bertz CT molecular complexity index is 392. The first-order chi connectivity index (χ1) is 13.9. The molecule has 0 bridgehead atoms. The summed E-state index contributed by atoms with van der Waals surface area (Å²) in [4.78, 5) is 4.60. The Kier molecular flexibility index (Phi) is 17.5. The first kappa shape index (κ1) is 25.2. The van der Waals surface area contributed by atoms with Crippen molar-refractivity contribution in [1.82, 2.24) is 0 Å². The molecule has 1 aliphatic rings. The van der Waals surface area contributed by atoms with Crippen LogP contribution >= 0.6 is 0 Å². The largest absolute Gasteiger partial charge is 0.479 e. The number of rotatable bonds is 20. The van der Waals surface area contributed by atoms with Gasteiger partial charge in [0.1, 0.15) is 6.61 Å². The minimum Gasteiger partial charge on any atom is -0.479 e. The molecule has 0 aromatic carbocycles. The molecule has 164 valence electrons. The van der Waals surface area contributed by atoms with Crippen LogP contribution in [0.25, 0.3) is 0 Å². The van der Waals surface area contributed by atoms with Gasteiger partial charge in [0.25, 0.3) is 0 Å². The second kappa shape index (κ2) is 19.5. The van der Waals surface area contributed by atoms with Crippen LogP contribution < -0.4 is 0 Å². The maximum atomic E-state index is 8.73. The summed E-state index contributed by atoms with van der Waals surface area (Å²) in [5.74, 6) is 1.01. The van der Waals surface area contributed by atoms with Crippen LogP contribution in [0.5, 0.6) is 0 Å². The van der Waals surface area contributed by atoms with Gasteiger partial charge in [0.15, 0.2) is 5.90 Å². The number of aliphatic imine (C=N–C) groups is 1. The summed E-state index contributed by atoms with van der Waals surface area (Å²) in [6, 6.07) is 0.427. The number of unbranched alkanes of at least 4 members (excludes halogenated alkanes) is 14. The fourth-order valence-corrected chi connectivity index (χ4v) is 3.73. The third-order valence-corrected chi connectivity index (χ3v) is 5.70. The number of aliphatic hydroxyl groups is 1. The summed E-state index contributed by atoms with van der Waals surface area (Å²) in [6.45, 7) is 3.35. The van der Waals surface area contributed by atoms with Crippen LogP contribution in [0.3, 0.4) is 0 Å². The number of allylic oxidation sites excluding steroid dienone is 2. The van der Waals surface area contributed by atoms with E-state index in [4.69, 9.17) is 9.84 Å². The van der Waals surface area contributed by atoms with Crippen LogP contribution in [-0.4, -0.2) is 30.3 Å². The second-order valence-corrected chi connectivity index (χ2v) is 8.37. The van der Waals surface area contributed by atoms with Crippen molar-refractivity contribution in [3.8, 4) is 0 Å². The summed E-state index contributed by atoms with van der Waals surface area (Å²) >= 11 is 0. The molecule has 3 nitrogen and oxygen atoms in total. The van der Waals surface area contributed by atoms with Gasteiger partial charge in [-0.15, -0.1) is 0 Å². The molecule has 0 radical (unpaired) electrons. The van der Waals surface area contributed by atoms with Crippen LogP contribution in [-0.2, 0) is 4.74 Å². The van der Waals surface area contributed by atoms with E-state index in [1.54, 1.807) is 0 Å². The molecule has 1 rings (SSSR count). The lowest BCUT2D eigenvalue weighted by atomic mass is 10.1. The van der Waals surface area contributed by atoms with Gasteiger partial charge >= 0.3 is 0 Å². The number of nitrogens with zero attached hydrogens (tertiary/aromatic N) is 1. The monoisotopic (exact) mass is 393 g/mol. The zero-order valence-electron chi connectivity index (χ0n) is 18.7. The predicted molar refractivity (Wildman–Crippen MR) is 122 cm³/mol. The molecular weight excluding hydrogens is 346 g/mol. The molecule has 0 aliphatic carbocycles. The van der Waals surface area contributed by atoms with E-state index in [-0.39, 0.29) is 0 Å². The molecule has 1 heterocycles. The smallest absolute Gasteiger partial charge is 0.183 e. The zero-order valence-corrected chi connectivity index (χ0v) is 18.7. The van der Waals surface area contributed by atoms with Crippen molar-refractivity contribution < 1.29 is 9.84 Å². The summed E-state index contributed by atoms with van der Waals surface area (Å²) in [5.41, 5.74) is 0. The summed E-state index contributed by atoms with van der Waals surface area (Å²) in [7, 11) is 0. The number of hydrogen-bond acceptors (Lipinski definition) is 3. The van der Waals surface area contributed by atoms with Gasteiger partial charge in [-0.1, -0.05) is 83.3 Å². The summed E-state index contributed by atoms with van der Waals surface area (Å²) < 4.78 is 5.63. The molecule has 0 saturated heterocycles. The van der Waals surface area contributed by atoms with Crippen molar-refractivity contribution in [2.45, 2.75) is 129 Å². The molecule has 3 heteroatoms. The normalized spacial score (nSPS) is 16.6. The highest BCUT2D eigenvalue weighted by molar-refractivity contribution is 5.77. The van der Waals surface area contributed by atoms with E-state index >= 15 is 0 Å². The first-order valence-corrected chi connectivity index (χ1v) is 12.3. The molecule has 1 atom stereocenters. The van der Waals surface area contributed by atoms with Crippen molar-refractivity contribution in [1.29, 1.82) is 0 Å². The Hall–Kier alpha value is -0.830. The van der Waals surface area contributed by atoms with E-state index in [0.29, 0.717) is 12.6 Å². The van der Waals surface area contributed by atoms with E-state index in [9.17, 15) is 0 Å². The van der Waals surface area contributed by atoms with Gasteiger partial charge in [0.2, 0.25) is 0 Å². The Morgan fingerprint density at radius 2 is 1.29 bits per heavy atom. The van der Waals surface area contributed by atoms with Gasteiger partial charge in [-0.2, -0.15) is 0 Å². The molecule has 0 amide bonds. The maximum Gasteiger partial charge on any atom is 0.183 e. The Morgan fingerprint density at radius 3 is 1.79 bits per heavy atom. The number of aliphatic hydroxyl groups excluding tert-OH is 1. The van der Waals surface area contributed by atoms with Crippen molar-refractivity contribution >= 4 is 5.90 Å². The van der Waals surface area contributed by atoms with Gasteiger partial charge in [-0.3, -0.25) is 0 Å². The standard InChI is InChI=1S/C25H47NO2/c1-2-24-23-28-25(26-24)21-19-17-15-13-11-9-7-5-3-4-6-8-10-12-14-16-18-20-22-27/h3,5,24,27H,2,4,6-23H2,1H3/b5-3-. The lowest BCUT2D eigenvalue weighted by Crippen LogP contribution is -2.03. The third-order valence-electron chi connectivity index (χ3n) is 5.70. The van der Waals surface area contributed by atoms with Gasteiger partial charge in [0, 0.05) is 13.0 Å². The minimum atomic E-state index is 0.359. The fourth-order valence-electron chi connectivity index (χ4n) is 3.73. The Balaban J connectivity index is 1.73. The van der Waals surface area contributed by atoms with E-state index < -0.39 is 0 Å². The van der Waals surface area contributed by atoms with Crippen LogP contribution in [0.4, 0.5) is 0 Å². The van der Waals surface area contributed by atoms with E-state index in [1.807, 2.05) is 0 Å². The van der Waals surface area contributed by atoms with Gasteiger partial charge in [-0.05, 0) is 44.9 Å². The Labute approximate surface area is 175 Å². The molecule has 0 saturated carbocycles.